The van der Waals surface area contributed by atoms with Crippen LogP contribution in [0.2, 0.25) is 0 Å². The average molecular weight is 297 g/mol. The standard InChI is InChI=1S/C17H31NO3/c1-2-7-18-16(14-3-8-19-9-4-14)15-5-10-21-17(12-15)6-11-20-13-17/h14-16,18H,2-13H2,1H3. The molecule has 3 saturated heterocycles. The zero-order chi connectivity index (χ0) is 14.5. The highest BCUT2D eigenvalue weighted by atomic mass is 16.6. The molecule has 3 aliphatic rings. The van der Waals surface area contributed by atoms with E-state index in [4.69, 9.17) is 14.2 Å². The van der Waals surface area contributed by atoms with Crippen LogP contribution in [0.4, 0.5) is 0 Å². The third-order valence-corrected chi connectivity index (χ3v) is 5.51. The maximum atomic E-state index is 6.12. The Kier molecular flexibility index (Phi) is 5.54. The molecule has 0 aliphatic carbocycles. The van der Waals surface area contributed by atoms with Gasteiger partial charge < -0.3 is 19.5 Å². The second-order valence-electron chi connectivity index (χ2n) is 7.02. The summed E-state index contributed by atoms with van der Waals surface area (Å²) >= 11 is 0. The smallest absolute Gasteiger partial charge is 0.0939 e. The molecule has 122 valence electrons. The van der Waals surface area contributed by atoms with Gasteiger partial charge in [-0.05, 0) is 50.5 Å². The lowest BCUT2D eigenvalue weighted by molar-refractivity contribution is -0.108. The van der Waals surface area contributed by atoms with E-state index in [1.807, 2.05) is 0 Å². The predicted molar refractivity (Wildman–Crippen MR) is 82.5 cm³/mol. The van der Waals surface area contributed by atoms with E-state index in [1.165, 1.54) is 32.1 Å². The van der Waals surface area contributed by atoms with Crippen molar-refractivity contribution in [1.29, 1.82) is 0 Å². The lowest BCUT2D eigenvalue weighted by Crippen LogP contribution is -2.51. The zero-order valence-electron chi connectivity index (χ0n) is 13.4. The number of hydrogen-bond donors (Lipinski definition) is 1. The molecule has 0 aromatic carbocycles. The first-order valence-electron chi connectivity index (χ1n) is 8.86. The molecule has 3 unspecified atom stereocenters. The first-order valence-corrected chi connectivity index (χ1v) is 8.86. The van der Waals surface area contributed by atoms with Gasteiger partial charge >= 0.3 is 0 Å². The van der Waals surface area contributed by atoms with Crippen molar-refractivity contribution in [2.75, 3.05) is 39.6 Å². The molecule has 0 aromatic rings. The second kappa shape index (κ2) is 7.40. The number of nitrogens with one attached hydrogen (secondary N) is 1. The number of ether oxygens (including phenoxy) is 3. The Morgan fingerprint density at radius 1 is 1.05 bits per heavy atom. The maximum absolute atomic E-state index is 6.12. The Morgan fingerprint density at radius 2 is 1.86 bits per heavy atom. The first-order chi connectivity index (χ1) is 10.3. The minimum Gasteiger partial charge on any atom is -0.381 e. The Balaban J connectivity index is 1.65. The minimum absolute atomic E-state index is 0.0280. The topological polar surface area (TPSA) is 39.7 Å². The first kappa shape index (κ1) is 15.7. The van der Waals surface area contributed by atoms with Gasteiger partial charge in [0.1, 0.15) is 0 Å². The van der Waals surface area contributed by atoms with Crippen molar-refractivity contribution >= 4 is 0 Å². The van der Waals surface area contributed by atoms with Crippen LogP contribution in [0, 0.1) is 11.8 Å². The second-order valence-corrected chi connectivity index (χ2v) is 7.02. The average Bonchev–Trinajstić information content (AvgIpc) is 2.97. The zero-order valence-corrected chi connectivity index (χ0v) is 13.4. The molecular weight excluding hydrogens is 266 g/mol. The van der Waals surface area contributed by atoms with Crippen molar-refractivity contribution in [3.05, 3.63) is 0 Å². The summed E-state index contributed by atoms with van der Waals surface area (Å²) in [6.45, 7) is 7.84. The van der Waals surface area contributed by atoms with Gasteiger partial charge in [-0.25, -0.2) is 0 Å². The fourth-order valence-corrected chi connectivity index (χ4v) is 4.34. The molecule has 3 fully saturated rings. The normalized spacial score (nSPS) is 36.1. The van der Waals surface area contributed by atoms with Crippen LogP contribution in [0.25, 0.3) is 0 Å². The largest absolute Gasteiger partial charge is 0.381 e. The highest BCUT2D eigenvalue weighted by molar-refractivity contribution is 4.95. The molecule has 4 nitrogen and oxygen atoms in total. The molecule has 0 saturated carbocycles. The van der Waals surface area contributed by atoms with Gasteiger partial charge in [-0.3, -0.25) is 0 Å². The highest BCUT2D eigenvalue weighted by Crippen LogP contribution is 2.39. The van der Waals surface area contributed by atoms with Crippen LogP contribution in [0.15, 0.2) is 0 Å². The Hall–Kier alpha value is -0.160. The monoisotopic (exact) mass is 297 g/mol. The molecule has 3 heterocycles. The van der Waals surface area contributed by atoms with E-state index < -0.39 is 0 Å². The van der Waals surface area contributed by atoms with Gasteiger partial charge in [-0.2, -0.15) is 0 Å². The number of rotatable bonds is 5. The summed E-state index contributed by atoms with van der Waals surface area (Å²) < 4.78 is 17.3. The summed E-state index contributed by atoms with van der Waals surface area (Å²) in [4.78, 5) is 0. The van der Waals surface area contributed by atoms with E-state index in [-0.39, 0.29) is 5.60 Å². The Bertz CT molecular complexity index is 311. The molecule has 21 heavy (non-hydrogen) atoms. The third kappa shape index (κ3) is 3.79. The quantitative estimate of drug-likeness (QED) is 0.846. The SMILES string of the molecule is CCCNC(C1CCOCC1)C1CCOC2(CCOC2)C1. The third-order valence-electron chi connectivity index (χ3n) is 5.51. The molecule has 0 amide bonds. The van der Waals surface area contributed by atoms with E-state index in [2.05, 4.69) is 12.2 Å². The minimum atomic E-state index is 0.0280. The summed E-state index contributed by atoms with van der Waals surface area (Å²) in [6.07, 6.45) is 7.08. The van der Waals surface area contributed by atoms with Gasteiger partial charge in [0.15, 0.2) is 0 Å². The van der Waals surface area contributed by atoms with Crippen molar-refractivity contribution in [2.45, 2.75) is 57.1 Å². The van der Waals surface area contributed by atoms with Crippen LogP contribution in [-0.2, 0) is 14.2 Å². The van der Waals surface area contributed by atoms with Crippen molar-refractivity contribution in [3.8, 4) is 0 Å². The van der Waals surface area contributed by atoms with E-state index >= 15 is 0 Å². The highest BCUT2D eigenvalue weighted by Gasteiger charge is 2.44. The van der Waals surface area contributed by atoms with Crippen molar-refractivity contribution in [3.63, 3.8) is 0 Å². The van der Waals surface area contributed by atoms with Gasteiger partial charge in [0, 0.05) is 38.9 Å². The lowest BCUT2D eigenvalue weighted by atomic mass is 9.75. The summed E-state index contributed by atoms with van der Waals surface area (Å²) in [6, 6.07) is 0.634. The molecule has 3 atom stereocenters. The molecule has 3 rings (SSSR count). The van der Waals surface area contributed by atoms with Gasteiger partial charge in [0.25, 0.3) is 0 Å². The molecule has 0 bridgehead atoms. The Labute approximate surface area is 128 Å². The van der Waals surface area contributed by atoms with Crippen LogP contribution >= 0.6 is 0 Å². The van der Waals surface area contributed by atoms with E-state index in [9.17, 15) is 0 Å². The molecule has 4 heteroatoms. The summed E-state index contributed by atoms with van der Waals surface area (Å²) in [5.41, 5.74) is 0.0280. The van der Waals surface area contributed by atoms with Crippen LogP contribution in [0.5, 0.6) is 0 Å². The van der Waals surface area contributed by atoms with Gasteiger partial charge in [0.05, 0.1) is 12.2 Å². The fraction of sp³-hybridized carbons (Fsp3) is 1.00. The fourth-order valence-electron chi connectivity index (χ4n) is 4.34. The van der Waals surface area contributed by atoms with Crippen LogP contribution in [-0.4, -0.2) is 51.2 Å². The van der Waals surface area contributed by atoms with Crippen LogP contribution in [0.1, 0.15) is 45.4 Å². The predicted octanol–water partition coefficient (Wildman–Crippen LogP) is 2.37. The Morgan fingerprint density at radius 3 is 2.57 bits per heavy atom. The summed E-state index contributed by atoms with van der Waals surface area (Å²) in [7, 11) is 0. The van der Waals surface area contributed by atoms with Gasteiger partial charge in [-0.1, -0.05) is 6.92 Å². The molecule has 0 aromatic heterocycles. The molecule has 0 radical (unpaired) electrons. The van der Waals surface area contributed by atoms with E-state index in [0.29, 0.717) is 6.04 Å². The van der Waals surface area contributed by atoms with Crippen molar-refractivity contribution in [1.82, 2.24) is 5.32 Å². The van der Waals surface area contributed by atoms with Crippen LogP contribution < -0.4 is 5.32 Å². The molecule has 1 spiro atoms. The van der Waals surface area contributed by atoms with E-state index in [1.54, 1.807) is 0 Å². The van der Waals surface area contributed by atoms with Gasteiger partial charge in [0.2, 0.25) is 0 Å². The summed E-state index contributed by atoms with van der Waals surface area (Å²) in [5.74, 6) is 1.50. The number of hydrogen-bond acceptors (Lipinski definition) is 4. The summed E-state index contributed by atoms with van der Waals surface area (Å²) in [5, 5.41) is 3.86. The van der Waals surface area contributed by atoms with E-state index in [0.717, 1.165) is 57.8 Å². The lowest BCUT2D eigenvalue weighted by Gasteiger charge is -2.44. The van der Waals surface area contributed by atoms with Crippen molar-refractivity contribution in [2.24, 2.45) is 11.8 Å². The molecule has 3 aliphatic heterocycles. The van der Waals surface area contributed by atoms with Gasteiger partial charge in [-0.15, -0.1) is 0 Å². The van der Waals surface area contributed by atoms with Crippen LogP contribution in [0.3, 0.4) is 0 Å². The molecular formula is C17H31NO3. The molecule has 1 N–H and O–H groups in total. The maximum Gasteiger partial charge on any atom is 0.0939 e. The van der Waals surface area contributed by atoms with Crippen molar-refractivity contribution < 1.29 is 14.2 Å².